The van der Waals surface area contributed by atoms with Crippen LogP contribution < -0.4 is 10.3 Å². The van der Waals surface area contributed by atoms with E-state index in [4.69, 9.17) is 9.72 Å². The van der Waals surface area contributed by atoms with Gasteiger partial charge in [0, 0.05) is 23.7 Å². The molecule has 5 rings (SSSR count). The fraction of sp³-hybridized carbons (Fsp3) is 0.154. The van der Waals surface area contributed by atoms with Gasteiger partial charge in [-0.05, 0) is 49.2 Å². The number of para-hydroxylation sites is 2. The minimum Gasteiger partial charge on any atom is -0.485 e. The molecule has 0 N–H and O–H groups in total. The van der Waals surface area contributed by atoms with Crippen LogP contribution in [0.1, 0.15) is 22.6 Å². The fourth-order valence-electron chi connectivity index (χ4n) is 3.71. The van der Waals surface area contributed by atoms with Crippen LogP contribution in [0.15, 0.2) is 88.9 Å². The van der Waals surface area contributed by atoms with Gasteiger partial charge in [-0.3, -0.25) is 13.8 Å². The Morgan fingerprint density at radius 3 is 2.50 bits per heavy atom. The first-order valence-electron chi connectivity index (χ1n) is 10.9. The topological polar surface area (TPSA) is 74.3 Å². The van der Waals surface area contributed by atoms with Crippen LogP contribution in [0.2, 0.25) is 0 Å². The van der Waals surface area contributed by atoms with E-state index in [9.17, 15) is 4.79 Å². The molecule has 0 saturated carbocycles. The van der Waals surface area contributed by atoms with Gasteiger partial charge < -0.3 is 4.74 Å². The molecule has 3 heterocycles. The molecule has 0 aliphatic carbocycles. The van der Waals surface area contributed by atoms with E-state index < -0.39 is 0 Å². The van der Waals surface area contributed by atoms with E-state index in [1.54, 1.807) is 16.7 Å². The monoisotopic (exact) mass is 469 g/mol. The molecule has 8 heteroatoms. The number of aryl methyl sites for hydroxylation is 2. The molecule has 5 aromatic rings. The first kappa shape index (κ1) is 21.9. The van der Waals surface area contributed by atoms with Gasteiger partial charge in [0.15, 0.2) is 11.0 Å². The lowest BCUT2D eigenvalue weighted by Crippen LogP contribution is -2.15. The minimum atomic E-state index is -0.0962. The summed E-state index contributed by atoms with van der Waals surface area (Å²) in [6, 6.07) is 23.2. The summed E-state index contributed by atoms with van der Waals surface area (Å²) in [5.74, 6) is 2.00. The Hall–Kier alpha value is -3.91. The number of aromatic nitrogens is 5. The maximum Gasteiger partial charge on any atom is 0.258 e. The Balaban J connectivity index is 1.44. The van der Waals surface area contributed by atoms with Crippen LogP contribution >= 0.6 is 11.8 Å². The molecule has 0 spiro atoms. The average molecular weight is 470 g/mol. The van der Waals surface area contributed by atoms with Crippen molar-refractivity contribution in [2.24, 2.45) is 0 Å². The van der Waals surface area contributed by atoms with Crippen molar-refractivity contribution < 1.29 is 4.74 Å². The van der Waals surface area contributed by atoms with Gasteiger partial charge >= 0.3 is 0 Å². The van der Waals surface area contributed by atoms with Crippen molar-refractivity contribution in [2.75, 3.05) is 0 Å². The summed E-state index contributed by atoms with van der Waals surface area (Å²) in [6.07, 6.45) is 1.74. The van der Waals surface area contributed by atoms with Crippen molar-refractivity contribution in [3.8, 4) is 11.4 Å². The first-order valence-corrected chi connectivity index (χ1v) is 11.9. The van der Waals surface area contributed by atoms with Crippen LogP contribution in [0.4, 0.5) is 0 Å². The molecular formula is C26H23N5O2S. The molecule has 0 amide bonds. The average Bonchev–Trinajstić information content (AvgIpc) is 3.26. The second-order valence-corrected chi connectivity index (χ2v) is 8.83. The van der Waals surface area contributed by atoms with Gasteiger partial charge in [0.05, 0.1) is 5.69 Å². The molecule has 0 radical (unpaired) electrons. The Kier molecular flexibility index (Phi) is 6.14. The number of hydrogen-bond donors (Lipinski definition) is 0. The lowest BCUT2D eigenvalue weighted by molar-refractivity contribution is 0.291. The zero-order valence-corrected chi connectivity index (χ0v) is 19.7. The Labute approximate surface area is 201 Å². The highest BCUT2D eigenvalue weighted by molar-refractivity contribution is 7.98. The number of rotatable bonds is 7. The SMILES string of the molecule is Cc1ccccc1OCc1nnc(SCc2cc(=O)n3cccc(C)c3n2)n1-c1ccccc1. The molecule has 0 aliphatic heterocycles. The molecule has 0 fully saturated rings. The van der Waals surface area contributed by atoms with Gasteiger partial charge in [-0.25, -0.2) is 4.98 Å². The third-order valence-corrected chi connectivity index (χ3v) is 6.42. The van der Waals surface area contributed by atoms with Crippen molar-refractivity contribution >= 4 is 17.4 Å². The molecule has 0 aliphatic rings. The zero-order valence-electron chi connectivity index (χ0n) is 18.9. The van der Waals surface area contributed by atoms with E-state index in [1.807, 2.05) is 85.1 Å². The van der Waals surface area contributed by atoms with Gasteiger partial charge in [0.1, 0.15) is 18.0 Å². The van der Waals surface area contributed by atoms with Crippen molar-refractivity contribution in [3.63, 3.8) is 0 Å². The summed E-state index contributed by atoms with van der Waals surface area (Å²) >= 11 is 1.49. The first-order chi connectivity index (χ1) is 16.6. The van der Waals surface area contributed by atoms with Gasteiger partial charge in [-0.2, -0.15) is 0 Å². The highest BCUT2D eigenvalue weighted by Gasteiger charge is 2.16. The van der Waals surface area contributed by atoms with E-state index in [0.29, 0.717) is 28.1 Å². The second kappa shape index (κ2) is 9.52. The van der Waals surface area contributed by atoms with Crippen LogP contribution in [0.25, 0.3) is 11.3 Å². The number of benzene rings is 2. The highest BCUT2D eigenvalue weighted by atomic mass is 32.2. The van der Waals surface area contributed by atoms with E-state index in [-0.39, 0.29) is 12.2 Å². The molecule has 0 atom stereocenters. The van der Waals surface area contributed by atoms with Crippen molar-refractivity contribution in [1.29, 1.82) is 0 Å². The summed E-state index contributed by atoms with van der Waals surface area (Å²) < 4.78 is 9.60. The molecule has 3 aromatic heterocycles. The normalized spacial score (nSPS) is 11.1. The van der Waals surface area contributed by atoms with E-state index >= 15 is 0 Å². The van der Waals surface area contributed by atoms with Crippen molar-refractivity contribution in [1.82, 2.24) is 24.1 Å². The molecule has 2 aromatic carbocycles. The summed E-state index contributed by atoms with van der Waals surface area (Å²) in [5, 5.41) is 9.55. The standard InChI is InChI=1S/C26H23N5O2S/c1-18-9-6-7-13-22(18)33-16-23-28-29-26(31(23)21-11-4-3-5-12-21)34-17-20-15-24(32)30-14-8-10-19(2)25(30)27-20/h3-15H,16-17H2,1-2H3. The largest absolute Gasteiger partial charge is 0.485 e. The van der Waals surface area contributed by atoms with E-state index in [2.05, 4.69) is 10.2 Å². The summed E-state index contributed by atoms with van der Waals surface area (Å²) in [4.78, 5) is 17.3. The third-order valence-electron chi connectivity index (χ3n) is 5.45. The van der Waals surface area contributed by atoms with Crippen LogP contribution in [-0.4, -0.2) is 24.1 Å². The summed E-state index contributed by atoms with van der Waals surface area (Å²) in [6.45, 7) is 4.24. The Morgan fingerprint density at radius 1 is 0.912 bits per heavy atom. The van der Waals surface area contributed by atoms with Gasteiger partial charge in [-0.1, -0.05) is 54.2 Å². The van der Waals surface area contributed by atoms with Crippen LogP contribution in [0, 0.1) is 13.8 Å². The molecule has 7 nitrogen and oxygen atoms in total. The predicted octanol–water partition coefficient (Wildman–Crippen LogP) is 4.76. The van der Waals surface area contributed by atoms with Gasteiger partial charge in [0.25, 0.3) is 5.56 Å². The number of nitrogens with zero attached hydrogens (tertiary/aromatic N) is 5. The van der Waals surface area contributed by atoms with Crippen LogP contribution in [0.5, 0.6) is 5.75 Å². The lowest BCUT2D eigenvalue weighted by Gasteiger charge is -2.12. The third kappa shape index (κ3) is 4.45. The zero-order chi connectivity index (χ0) is 23.5. The number of ether oxygens (including phenoxy) is 1. The second-order valence-electron chi connectivity index (χ2n) is 7.88. The number of pyridine rings is 1. The molecular weight excluding hydrogens is 446 g/mol. The maximum atomic E-state index is 12.6. The molecule has 0 saturated heterocycles. The maximum absolute atomic E-state index is 12.6. The lowest BCUT2D eigenvalue weighted by atomic mass is 10.2. The number of hydrogen-bond acceptors (Lipinski definition) is 6. The molecule has 0 bridgehead atoms. The number of fused-ring (bicyclic) bond motifs is 1. The summed E-state index contributed by atoms with van der Waals surface area (Å²) in [7, 11) is 0. The minimum absolute atomic E-state index is 0.0962. The highest BCUT2D eigenvalue weighted by Crippen LogP contribution is 2.26. The summed E-state index contributed by atoms with van der Waals surface area (Å²) in [5.41, 5.74) is 4.23. The van der Waals surface area contributed by atoms with Gasteiger partial charge in [0.2, 0.25) is 0 Å². The number of thioether (sulfide) groups is 1. The Bertz CT molecular complexity index is 1510. The fourth-order valence-corrected chi connectivity index (χ4v) is 4.57. The Morgan fingerprint density at radius 2 is 1.68 bits per heavy atom. The van der Waals surface area contributed by atoms with Crippen molar-refractivity contribution in [3.05, 3.63) is 112 Å². The van der Waals surface area contributed by atoms with E-state index in [1.165, 1.54) is 11.8 Å². The van der Waals surface area contributed by atoms with Crippen molar-refractivity contribution in [2.45, 2.75) is 31.4 Å². The van der Waals surface area contributed by atoms with E-state index in [0.717, 1.165) is 22.6 Å². The molecule has 34 heavy (non-hydrogen) atoms. The van der Waals surface area contributed by atoms with Crippen LogP contribution in [0.3, 0.4) is 0 Å². The molecule has 0 unspecified atom stereocenters. The molecule has 170 valence electrons. The predicted molar refractivity (Wildman–Crippen MR) is 133 cm³/mol. The smallest absolute Gasteiger partial charge is 0.258 e. The quantitative estimate of drug-likeness (QED) is 0.320. The van der Waals surface area contributed by atoms with Crippen LogP contribution in [-0.2, 0) is 12.4 Å². The van der Waals surface area contributed by atoms with Gasteiger partial charge in [-0.15, -0.1) is 10.2 Å².